The van der Waals surface area contributed by atoms with Gasteiger partial charge in [0.05, 0.1) is 11.1 Å². The standard InChI is InChI=1S/C18H25N3O2S2/c1-4-7-11(2)19-14(22)10-24-18-20-16-15(17(23)21(18)3)12-8-5-6-9-13(12)25-16/h11H,4-10H2,1-3H3,(H,19,22). The Hall–Kier alpha value is -1.34. The predicted molar refractivity (Wildman–Crippen MR) is 105 cm³/mol. The number of fused-ring (bicyclic) bond motifs is 3. The highest BCUT2D eigenvalue weighted by molar-refractivity contribution is 7.99. The van der Waals surface area contributed by atoms with Crippen molar-refractivity contribution in [2.75, 3.05) is 5.75 Å². The van der Waals surface area contributed by atoms with Crippen LogP contribution in [0.5, 0.6) is 0 Å². The van der Waals surface area contributed by atoms with Crippen LogP contribution in [0.25, 0.3) is 10.2 Å². The summed E-state index contributed by atoms with van der Waals surface area (Å²) in [5.74, 6) is 0.274. The summed E-state index contributed by atoms with van der Waals surface area (Å²) in [5, 5.41) is 4.41. The molecule has 0 saturated heterocycles. The van der Waals surface area contributed by atoms with Gasteiger partial charge in [0.25, 0.3) is 5.56 Å². The summed E-state index contributed by atoms with van der Waals surface area (Å²) in [6.07, 6.45) is 6.40. The molecule has 1 N–H and O–H groups in total. The van der Waals surface area contributed by atoms with E-state index in [0.717, 1.165) is 42.3 Å². The van der Waals surface area contributed by atoms with Gasteiger partial charge in [-0.05, 0) is 44.6 Å². The Morgan fingerprint density at radius 3 is 2.92 bits per heavy atom. The maximum atomic E-state index is 12.8. The second-order valence-corrected chi connectivity index (χ2v) is 8.72. The molecule has 0 radical (unpaired) electrons. The van der Waals surface area contributed by atoms with Gasteiger partial charge < -0.3 is 5.32 Å². The van der Waals surface area contributed by atoms with Crippen molar-refractivity contribution in [3.63, 3.8) is 0 Å². The van der Waals surface area contributed by atoms with E-state index >= 15 is 0 Å². The summed E-state index contributed by atoms with van der Waals surface area (Å²) >= 11 is 2.99. The van der Waals surface area contributed by atoms with Crippen molar-refractivity contribution in [2.45, 2.75) is 63.6 Å². The van der Waals surface area contributed by atoms with Crippen LogP contribution in [-0.2, 0) is 24.7 Å². The zero-order chi connectivity index (χ0) is 18.0. The monoisotopic (exact) mass is 379 g/mol. The summed E-state index contributed by atoms with van der Waals surface area (Å²) < 4.78 is 1.59. The predicted octanol–water partition coefficient (Wildman–Crippen LogP) is 3.27. The molecule has 0 aromatic carbocycles. The van der Waals surface area contributed by atoms with E-state index in [9.17, 15) is 9.59 Å². The minimum atomic E-state index is -0.00855. The lowest BCUT2D eigenvalue weighted by Gasteiger charge is -2.13. The van der Waals surface area contributed by atoms with Gasteiger partial charge in [0.15, 0.2) is 5.16 Å². The SMILES string of the molecule is CCCC(C)NC(=O)CSc1nc2sc3c(c2c(=O)n1C)CCCC3. The highest BCUT2D eigenvalue weighted by Crippen LogP contribution is 2.34. The number of hydrogen-bond acceptors (Lipinski definition) is 5. The summed E-state index contributed by atoms with van der Waals surface area (Å²) in [7, 11) is 1.75. The minimum absolute atomic E-state index is 0.00855. The number of carbonyl (C=O) groups is 1. The van der Waals surface area contributed by atoms with Crippen LogP contribution in [0.1, 0.15) is 50.0 Å². The first-order chi connectivity index (χ1) is 12.0. The molecule has 0 spiro atoms. The van der Waals surface area contributed by atoms with Crippen molar-refractivity contribution in [3.8, 4) is 0 Å². The first kappa shape index (κ1) is 18.5. The Morgan fingerprint density at radius 2 is 2.16 bits per heavy atom. The Morgan fingerprint density at radius 1 is 1.40 bits per heavy atom. The highest BCUT2D eigenvalue weighted by atomic mass is 32.2. The van der Waals surface area contributed by atoms with Gasteiger partial charge in [-0.3, -0.25) is 14.2 Å². The van der Waals surface area contributed by atoms with Gasteiger partial charge in [-0.2, -0.15) is 0 Å². The fraction of sp³-hybridized carbons (Fsp3) is 0.611. The molecule has 1 aliphatic carbocycles. The molecule has 136 valence electrons. The molecule has 1 atom stereocenters. The van der Waals surface area contributed by atoms with Crippen LogP contribution in [0.3, 0.4) is 0 Å². The van der Waals surface area contributed by atoms with Gasteiger partial charge in [-0.25, -0.2) is 4.98 Å². The van der Waals surface area contributed by atoms with Crippen molar-refractivity contribution in [3.05, 3.63) is 20.8 Å². The van der Waals surface area contributed by atoms with Gasteiger partial charge in [0, 0.05) is 18.0 Å². The molecule has 0 bridgehead atoms. The molecular weight excluding hydrogens is 354 g/mol. The van der Waals surface area contributed by atoms with E-state index in [1.807, 2.05) is 6.92 Å². The van der Waals surface area contributed by atoms with Crippen LogP contribution < -0.4 is 10.9 Å². The number of aryl methyl sites for hydroxylation is 2. The van der Waals surface area contributed by atoms with E-state index in [1.54, 1.807) is 23.0 Å². The van der Waals surface area contributed by atoms with Crippen LogP contribution in [-0.4, -0.2) is 27.3 Å². The number of thiophene rings is 1. The lowest BCUT2D eigenvalue weighted by Crippen LogP contribution is -2.33. The number of carbonyl (C=O) groups excluding carboxylic acids is 1. The fourth-order valence-corrected chi connectivity index (χ4v) is 5.43. The average Bonchev–Trinajstić information content (AvgIpc) is 2.95. The third-order valence-corrected chi connectivity index (χ3v) is 6.83. The summed E-state index contributed by atoms with van der Waals surface area (Å²) in [5.41, 5.74) is 1.23. The first-order valence-electron chi connectivity index (χ1n) is 8.94. The Labute approximate surface area is 156 Å². The molecule has 0 fully saturated rings. The van der Waals surface area contributed by atoms with E-state index in [1.165, 1.54) is 28.6 Å². The Balaban J connectivity index is 1.79. The van der Waals surface area contributed by atoms with Gasteiger partial charge >= 0.3 is 0 Å². The number of thioether (sulfide) groups is 1. The number of amides is 1. The molecule has 1 unspecified atom stereocenters. The molecule has 1 aliphatic rings. The molecule has 2 heterocycles. The van der Waals surface area contributed by atoms with E-state index in [2.05, 4.69) is 12.2 Å². The number of nitrogens with one attached hydrogen (secondary N) is 1. The second kappa shape index (κ2) is 7.91. The van der Waals surface area contributed by atoms with Crippen LogP contribution in [0.2, 0.25) is 0 Å². The molecule has 2 aromatic rings. The smallest absolute Gasteiger partial charge is 0.262 e. The van der Waals surface area contributed by atoms with Crippen LogP contribution >= 0.6 is 23.1 Å². The van der Waals surface area contributed by atoms with Crippen LogP contribution in [0.4, 0.5) is 0 Å². The summed E-state index contributed by atoms with van der Waals surface area (Å²) in [6.45, 7) is 4.12. The zero-order valence-electron chi connectivity index (χ0n) is 15.1. The van der Waals surface area contributed by atoms with E-state index in [-0.39, 0.29) is 23.3 Å². The number of aromatic nitrogens is 2. The fourth-order valence-electron chi connectivity index (χ4n) is 3.35. The zero-order valence-corrected chi connectivity index (χ0v) is 16.7. The van der Waals surface area contributed by atoms with Crippen molar-refractivity contribution in [1.82, 2.24) is 14.9 Å². The molecule has 3 rings (SSSR count). The number of hydrogen-bond donors (Lipinski definition) is 1. The lowest BCUT2D eigenvalue weighted by atomic mass is 9.97. The topological polar surface area (TPSA) is 64.0 Å². The lowest BCUT2D eigenvalue weighted by molar-refractivity contribution is -0.119. The summed E-state index contributed by atoms with van der Waals surface area (Å²) in [6, 6.07) is 0.182. The van der Waals surface area contributed by atoms with Crippen molar-refractivity contribution in [2.24, 2.45) is 7.05 Å². The molecule has 5 nitrogen and oxygen atoms in total. The third kappa shape index (κ3) is 3.92. The summed E-state index contributed by atoms with van der Waals surface area (Å²) in [4.78, 5) is 31.7. The molecule has 0 aliphatic heterocycles. The third-order valence-electron chi connectivity index (χ3n) is 4.62. The molecule has 7 heteroatoms. The van der Waals surface area contributed by atoms with Crippen molar-refractivity contribution in [1.29, 1.82) is 0 Å². The van der Waals surface area contributed by atoms with Crippen molar-refractivity contribution >= 4 is 39.2 Å². The van der Waals surface area contributed by atoms with Gasteiger partial charge in [-0.1, -0.05) is 25.1 Å². The Bertz CT molecular complexity index is 841. The molecule has 1 amide bonds. The average molecular weight is 380 g/mol. The normalized spacial score (nSPS) is 15.2. The van der Waals surface area contributed by atoms with Crippen molar-refractivity contribution < 1.29 is 4.79 Å². The molecule has 0 saturated carbocycles. The number of nitrogens with zero attached hydrogens (tertiary/aromatic N) is 2. The first-order valence-corrected chi connectivity index (χ1v) is 10.7. The van der Waals surface area contributed by atoms with E-state index < -0.39 is 0 Å². The minimum Gasteiger partial charge on any atom is -0.353 e. The highest BCUT2D eigenvalue weighted by Gasteiger charge is 2.21. The molecule has 2 aromatic heterocycles. The van der Waals surface area contributed by atoms with E-state index in [4.69, 9.17) is 4.98 Å². The molecule has 25 heavy (non-hydrogen) atoms. The largest absolute Gasteiger partial charge is 0.353 e. The van der Waals surface area contributed by atoms with Crippen LogP contribution in [0, 0.1) is 0 Å². The molecular formula is C18H25N3O2S2. The number of rotatable bonds is 6. The second-order valence-electron chi connectivity index (χ2n) is 6.70. The van der Waals surface area contributed by atoms with E-state index in [0.29, 0.717) is 5.16 Å². The van der Waals surface area contributed by atoms with Crippen LogP contribution in [0.15, 0.2) is 9.95 Å². The Kier molecular flexibility index (Phi) is 5.84. The van der Waals surface area contributed by atoms with Gasteiger partial charge in [-0.15, -0.1) is 11.3 Å². The van der Waals surface area contributed by atoms with Gasteiger partial charge in [0.2, 0.25) is 5.91 Å². The van der Waals surface area contributed by atoms with Gasteiger partial charge in [0.1, 0.15) is 4.83 Å². The maximum Gasteiger partial charge on any atom is 0.262 e. The maximum absolute atomic E-state index is 12.8. The quantitative estimate of drug-likeness (QED) is 0.618.